The van der Waals surface area contributed by atoms with Crippen LogP contribution in [0.25, 0.3) is 0 Å². The molecule has 20 heavy (non-hydrogen) atoms. The number of ether oxygens (including phenoxy) is 1. The zero-order valence-electron chi connectivity index (χ0n) is 12.4. The third-order valence-electron chi connectivity index (χ3n) is 4.38. The molecule has 2 amide bonds. The van der Waals surface area contributed by atoms with Crippen molar-refractivity contribution in [3.05, 3.63) is 0 Å². The Labute approximate surface area is 120 Å². The molecular weight excluding hydrogens is 258 g/mol. The second-order valence-electron chi connectivity index (χ2n) is 6.07. The van der Waals surface area contributed by atoms with Gasteiger partial charge in [-0.05, 0) is 25.7 Å². The van der Waals surface area contributed by atoms with Gasteiger partial charge in [0.2, 0.25) is 11.8 Å². The van der Waals surface area contributed by atoms with E-state index >= 15 is 0 Å². The Balaban J connectivity index is 1.90. The molecule has 2 saturated heterocycles. The summed E-state index contributed by atoms with van der Waals surface area (Å²) in [6.45, 7) is 2.36. The lowest BCUT2D eigenvalue weighted by molar-refractivity contribution is -0.144. The average Bonchev–Trinajstić information content (AvgIpc) is 2.46. The van der Waals surface area contributed by atoms with Crippen molar-refractivity contribution in [2.24, 2.45) is 11.7 Å². The first kappa shape index (κ1) is 15.3. The molecule has 0 aromatic carbocycles. The van der Waals surface area contributed by atoms with E-state index in [0.29, 0.717) is 39.1 Å². The van der Waals surface area contributed by atoms with Crippen molar-refractivity contribution in [1.29, 1.82) is 0 Å². The molecule has 0 aromatic rings. The fourth-order valence-corrected chi connectivity index (χ4v) is 2.96. The van der Waals surface area contributed by atoms with Gasteiger partial charge in [-0.25, -0.2) is 0 Å². The summed E-state index contributed by atoms with van der Waals surface area (Å²) in [6, 6.07) is 0. The molecule has 0 atom stereocenters. The van der Waals surface area contributed by atoms with E-state index in [0.717, 1.165) is 12.8 Å². The quantitative estimate of drug-likeness (QED) is 0.763. The molecule has 2 heterocycles. The number of amides is 2. The Morgan fingerprint density at radius 1 is 1.20 bits per heavy atom. The highest BCUT2D eigenvalue weighted by Crippen LogP contribution is 2.25. The number of rotatable bonds is 2. The molecule has 6 nitrogen and oxygen atoms in total. The van der Waals surface area contributed by atoms with Crippen LogP contribution in [0.1, 0.15) is 25.7 Å². The summed E-state index contributed by atoms with van der Waals surface area (Å²) in [5.74, 6) is 0.222. The summed E-state index contributed by atoms with van der Waals surface area (Å²) in [5.41, 5.74) is 5.46. The summed E-state index contributed by atoms with van der Waals surface area (Å²) in [7, 11) is 3.55. The van der Waals surface area contributed by atoms with E-state index in [2.05, 4.69) is 0 Å². The lowest BCUT2D eigenvalue weighted by Crippen LogP contribution is -2.59. The molecule has 0 aliphatic carbocycles. The van der Waals surface area contributed by atoms with Crippen molar-refractivity contribution in [2.75, 3.05) is 40.4 Å². The fraction of sp³-hybridized carbons (Fsp3) is 0.857. The van der Waals surface area contributed by atoms with Crippen LogP contribution in [0.15, 0.2) is 0 Å². The van der Waals surface area contributed by atoms with E-state index in [1.807, 2.05) is 4.90 Å². The summed E-state index contributed by atoms with van der Waals surface area (Å²) in [4.78, 5) is 27.9. The normalized spacial score (nSPS) is 23.4. The van der Waals surface area contributed by atoms with Gasteiger partial charge in [0, 0.05) is 46.3 Å². The second-order valence-corrected chi connectivity index (χ2v) is 6.07. The highest BCUT2D eigenvalue weighted by atomic mass is 16.5. The minimum atomic E-state index is -0.767. The maximum atomic E-state index is 12.5. The van der Waals surface area contributed by atoms with Crippen LogP contribution < -0.4 is 5.73 Å². The Bertz CT molecular complexity index is 370. The third-order valence-corrected chi connectivity index (χ3v) is 4.38. The summed E-state index contributed by atoms with van der Waals surface area (Å²) in [6.07, 6.45) is 2.63. The van der Waals surface area contributed by atoms with Crippen molar-refractivity contribution in [3.63, 3.8) is 0 Å². The molecule has 0 bridgehead atoms. The van der Waals surface area contributed by atoms with E-state index in [-0.39, 0.29) is 17.7 Å². The number of nitrogens with zero attached hydrogens (tertiary/aromatic N) is 2. The van der Waals surface area contributed by atoms with Crippen LogP contribution in [0.5, 0.6) is 0 Å². The summed E-state index contributed by atoms with van der Waals surface area (Å²) < 4.78 is 5.28. The van der Waals surface area contributed by atoms with Gasteiger partial charge in [-0.15, -0.1) is 0 Å². The van der Waals surface area contributed by atoms with Crippen LogP contribution in [0.2, 0.25) is 0 Å². The molecule has 6 heteroatoms. The smallest absolute Gasteiger partial charge is 0.242 e. The molecule has 0 spiro atoms. The average molecular weight is 283 g/mol. The Kier molecular flexibility index (Phi) is 4.65. The van der Waals surface area contributed by atoms with Gasteiger partial charge >= 0.3 is 0 Å². The van der Waals surface area contributed by atoms with Gasteiger partial charge in [0.25, 0.3) is 0 Å². The lowest BCUT2D eigenvalue weighted by atomic mass is 9.87. The summed E-state index contributed by atoms with van der Waals surface area (Å²) in [5, 5.41) is 0. The van der Waals surface area contributed by atoms with Crippen LogP contribution in [0.3, 0.4) is 0 Å². The second kappa shape index (κ2) is 6.10. The van der Waals surface area contributed by atoms with E-state index in [1.165, 1.54) is 0 Å². The van der Waals surface area contributed by atoms with Crippen LogP contribution in [0, 0.1) is 5.92 Å². The van der Waals surface area contributed by atoms with Gasteiger partial charge in [-0.3, -0.25) is 9.59 Å². The zero-order chi connectivity index (χ0) is 14.8. The topological polar surface area (TPSA) is 75.9 Å². The number of carbonyl (C=O) groups is 2. The molecule has 2 aliphatic rings. The maximum Gasteiger partial charge on any atom is 0.242 e. The van der Waals surface area contributed by atoms with Gasteiger partial charge in [0.05, 0.1) is 5.54 Å². The SMILES string of the molecule is CN(C)C(=O)C1CCN(C(=O)C2(N)CCOCC2)CC1. The first-order chi connectivity index (χ1) is 9.44. The van der Waals surface area contributed by atoms with Gasteiger partial charge in [0.15, 0.2) is 0 Å². The molecule has 0 unspecified atom stereocenters. The number of carbonyl (C=O) groups excluding carboxylic acids is 2. The highest BCUT2D eigenvalue weighted by Gasteiger charge is 2.40. The molecule has 0 aromatic heterocycles. The molecule has 2 aliphatic heterocycles. The Morgan fingerprint density at radius 2 is 1.75 bits per heavy atom. The molecular formula is C14H25N3O3. The van der Waals surface area contributed by atoms with Crippen LogP contribution >= 0.6 is 0 Å². The number of piperidine rings is 1. The van der Waals surface area contributed by atoms with Crippen LogP contribution in [-0.4, -0.2) is 67.6 Å². The molecule has 2 N–H and O–H groups in total. The summed E-state index contributed by atoms with van der Waals surface area (Å²) >= 11 is 0. The largest absolute Gasteiger partial charge is 0.381 e. The maximum absolute atomic E-state index is 12.5. The number of nitrogens with two attached hydrogens (primary N) is 1. The Hall–Kier alpha value is -1.14. The Morgan fingerprint density at radius 3 is 2.25 bits per heavy atom. The zero-order valence-corrected chi connectivity index (χ0v) is 12.4. The minimum absolute atomic E-state index is 0.0246. The van der Waals surface area contributed by atoms with Gasteiger partial charge in [-0.1, -0.05) is 0 Å². The molecule has 114 valence electrons. The van der Waals surface area contributed by atoms with Gasteiger partial charge < -0.3 is 20.3 Å². The first-order valence-electron chi connectivity index (χ1n) is 7.31. The molecule has 2 fully saturated rings. The van der Waals surface area contributed by atoms with E-state index < -0.39 is 5.54 Å². The monoisotopic (exact) mass is 283 g/mol. The van der Waals surface area contributed by atoms with Crippen LogP contribution in [0.4, 0.5) is 0 Å². The number of hydrogen-bond acceptors (Lipinski definition) is 4. The highest BCUT2D eigenvalue weighted by molar-refractivity contribution is 5.86. The van der Waals surface area contributed by atoms with E-state index in [4.69, 9.17) is 10.5 Å². The first-order valence-corrected chi connectivity index (χ1v) is 7.31. The predicted molar refractivity (Wildman–Crippen MR) is 75.0 cm³/mol. The standard InChI is InChI=1S/C14H25N3O3/c1-16(2)12(18)11-3-7-17(8-4-11)13(19)14(15)5-9-20-10-6-14/h11H,3-10,15H2,1-2H3. The predicted octanol–water partition coefficient (Wildman–Crippen LogP) is -0.179. The molecule has 0 radical (unpaired) electrons. The lowest BCUT2D eigenvalue weighted by Gasteiger charge is -2.39. The fourth-order valence-electron chi connectivity index (χ4n) is 2.96. The van der Waals surface area contributed by atoms with Crippen molar-refractivity contribution >= 4 is 11.8 Å². The van der Waals surface area contributed by atoms with Crippen molar-refractivity contribution in [3.8, 4) is 0 Å². The molecule has 0 saturated carbocycles. The van der Waals surface area contributed by atoms with Crippen molar-refractivity contribution < 1.29 is 14.3 Å². The van der Waals surface area contributed by atoms with Crippen molar-refractivity contribution in [2.45, 2.75) is 31.2 Å². The van der Waals surface area contributed by atoms with E-state index in [9.17, 15) is 9.59 Å². The van der Waals surface area contributed by atoms with Gasteiger partial charge in [0.1, 0.15) is 0 Å². The molecule has 2 rings (SSSR count). The van der Waals surface area contributed by atoms with Gasteiger partial charge in [-0.2, -0.15) is 0 Å². The number of likely N-dealkylation sites (tertiary alicyclic amines) is 1. The third kappa shape index (κ3) is 3.12. The minimum Gasteiger partial charge on any atom is -0.381 e. The van der Waals surface area contributed by atoms with Crippen LogP contribution in [-0.2, 0) is 14.3 Å². The number of hydrogen-bond donors (Lipinski definition) is 1. The van der Waals surface area contributed by atoms with E-state index in [1.54, 1.807) is 19.0 Å². The van der Waals surface area contributed by atoms with Crippen molar-refractivity contribution in [1.82, 2.24) is 9.80 Å².